The molecule has 6 heteroatoms. The van der Waals surface area contributed by atoms with Crippen LogP contribution in [-0.2, 0) is 0 Å². The van der Waals surface area contributed by atoms with Crippen molar-refractivity contribution < 1.29 is 9.53 Å². The number of nitrogens with one attached hydrogen (secondary N) is 1. The molecule has 20 heavy (non-hydrogen) atoms. The zero-order valence-corrected chi connectivity index (χ0v) is 11.5. The molecular formula is C14H12ClN3O2. The molecule has 2 rings (SSSR count). The van der Waals surface area contributed by atoms with Crippen molar-refractivity contribution in [2.24, 2.45) is 5.10 Å². The summed E-state index contributed by atoms with van der Waals surface area (Å²) in [4.78, 5) is 15.9. The molecule has 0 saturated carbocycles. The van der Waals surface area contributed by atoms with Crippen LogP contribution < -0.4 is 10.2 Å². The molecule has 0 aliphatic rings. The van der Waals surface area contributed by atoms with E-state index in [1.165, 1.54) is 19.4 Å². The molecule has 1 heterocycles. The summed E-state index contributed by atoms with van der Waals surface area (Å²) in [6.45, 7) is 0. The summed E-state index contributed by atoms with van der Waals surface area (Å²) < 4.78 is 5.11. The number of ether oxygens (including phenoxy) is 1. The Morgan fingerprint density at radius 2 is 2.10 bits per heavy atom. The number of carbonyl (C=O) groups excluding carboxylic acids is 1. The number of methoxy groups -OCH3 is 1. The van der Waals surface area contributed by atoms with Crippen molar-refractivity contribution in [3.8, 4) is 5.75 Å². The van der Waals surface area contributed by atoms with E-state index in [4.69, 9.17) is 16.3 Å². The van der Waals surface area contributed by atoms with Crippen molar-refractivity contribution in [1.29, 1.82) is 0 Å². The quantitative estimate of drug-likeness (QED) is 0.695. The van der Waals surface area contributed by atoms with E-state index in [0.29, 0.717) is 16.3 Å². The molecule has 0 unspecified atom stereocenters. The highest BCUT2D eigenvalue weighted by Crippen LogP contribution is 2.22. The summed E-state index contributed by atoms with van der Waals surface area (Å²) in [6, 6.07) is 8.35. The van der Waals surface area contributed by atoms with Gasteiger partial charge < -0.3 is 4.74 Å². The topological polar surface area (TPSA) is 63.6 Å². The van der Waals surface area contributed by atoms with Crippen molar-refractivity contribution in [2.75, 3.05) is 7.11 Å². The number of hydrogen-bond donors (Lipinski definition) is 1. The minimum atomic E-state index is -0.394. The van der Waals surface area contributed by atoms with Crippen molar-refractivity contribution in [1.82, 2.24) is 10.4 Å². The minimum absolute atomic E-state index is 0.326. The van der Waals surface area contributed by atoms with Gasteiger partial charge in [0.25, 0.3) is 5.91 Å². The first-order chi connectivity index (χ1) is 9.70. The smallest absolute Gasteiger partial charge is 0.275 e. The first-order valence-corrected chi connectivity index (χ1v) is 6.15. The third kappa shape index (κ3) is 3.55. The molecule has 0 atom stereocenters. The average Bonchev–Trinajstić information content (AvgIpc) is 2.48. The summed E-state index contributed by atoms with van der Waals surface area (Å²) >= 11 is 5.87. The molecule has 0 saturated heterocycles. The fraction of sp³-hybridized carbons (Fsp3) is 0.0714. The Bertz CT molecular complexity index is 630. The van der Waals surface area contributed by atoms with Crippen LogP contribution in [0.2, 0.25) is 5.02 Å². The maximum absolute atomic E-state index is 12.0. The van der Waals surface area contributed by atoms with Crippen molar-refractivity contribution in [2.45, 2.75) is 0 Å². The van der Waals surface area contributed by atoms with Crippen LogP contribution in [0.4, 0.5) is 0 Å². The number of hydrogen-bond acceptors (Lipinski definition) is 4. The molecule has 0 bridgehead atoms. The zero-order valence-electron chi connectivity index (χ0n) is 10.7. The van der Waals surface area contributed by atoms with E-state index in [1.54, 1.807) is 36.7 Å². The predicted octanol–water partition coefficient (Wildman–Crippen LogP) is 2.51. The minimum Gasteiger partial charge on any atom is -0.496 e. The zero-order chi connectivity index (χ0) is 14.4. The van der Waals surface area contributed by atoms with Gasteiger partial charge in [-0.25, -0.2) is 5.43 Å². The fourth-order valence-corrected chi connectivity index (χ4v) is 1.70. The summed E-state index contributed by atoms with van der Waals surface area (Å²) in [5, 5.41) is 4.32. The van der Waals surface area contributed by atoms with Gasteiger partial charge in [-0.3, -0.25) is 9.78 Å². The van der Waals surface area contributed by atoms with E-state index in [0.717, 1.165) is 5.56 Å². The highest BCUT2D eigenvalue weighted by atomic mass is 35.5. The number of nitrogens with zero attached hydrogens (tertiary/aromatic N) is 2. The molecule has 1 amide bonds. The van der Waals surface area contributed by atoms with Crippen LogP contribution in [0, 0.1) is 0 Å². The van der Waals surface area contributed by atoms with Crippen LogP contribution in [0.1, 0.15) is 15.9 Å². The number of hydrazone groups is 1. The van der Waals surface area contributed by atoms with Crippen LogP contribution >= 0.6 is 11.6 Å². The van der Waals surface area contributed by atoms with Gasteiger partial charge in [0.05, 0.1) is 18.9 Å². The molecular weight excluding hydrogens is 278 g/mol. The van der Waals surface area contributed by atoms with Crippen molar-refractivity contribution >= 4 is 23.7 Å². The summed E-state index contributed by atoms with van der Waals surface area (Å²) in [5.74, 6) is 0.0423. The SMILES string of the molecule is COc1ccc(Cl)cc1C(=O)NN=Cc1ccncc1. The highest BCUT2D eigenvalue weighted by molar-refractivity contribution is 6.31. The maximum atomic E-state index is 12.0. The molecule has 102 valence electrons. The van der Waals surface area contributed by atoms with Gasteiger partial charge in [-0.1, -0.05) is 11.6 Å². The number of halogens is 1. The molecule has 5 nitrogen and oxygen atoms in total. The summed E-state index contributed by atoms with van der Waals surface area (Å²) in [6.07, 6.45) is 4.81. The number of pyridine rings is 1. The maximum Gasteiger partial charge on any atom is 0.275 e. The molecule has 1 aromatic carbocycles. The first kappa shape index (κ1) is 14.0. The van der Waals surface area contributed by atoms with Crippen LogP contribution in [0.15, 0.2) is 47.8 Å². The van der Waals surface area contributed by atoms with Gasteiger partial charge in [0.2, 0.25) is 0 Å². The Morgan fingerprint density at radius 3 is 2.80 bits per heavy atom. The van der Waals surface area contributed by atoms with E-state index in [-0.39, 0.29) is 0 Å². The van der Waals surface area contributed by atoms with Gasteiger partial charge in [0.15, 0.2) is 0 Å². The lowest BCUT2D eigenvalue weighted by atomic mass is 10.2. The number of aromatic nitrogens is 1. The Kier molecular flexibility index (Phi) is 4.68. The molecule has 0 radical (unpaired) electrons. The van der Waals surface area contributed by atoms with Gasteiger partial charge in [0.1, 0.15) is 5.75 Å². The lowest BCUT2D eigenvalue weighted by Crippen LogP contribution is -2.18. The highest BCUT2D eigenvalue weighted by Gasteiger charge is 2.11. The van der Waals surface area contributed by atoms with Gasteiger partial charge in [-0.05, 0) is 35.9 Å². The third-order valence-corrected chi connectivity index (χ3v) is 2.73. The van der Waals surface area contributed by atoms with Crippen LogP contribution in [0.3, 0.4) is 0 Å². The predicted molar refractivity (Wildman–Crippen MR) is 77.3 cm³/mol. The Balaban J connectivity index is 2.09. The normalized spacial score (nSPS) is 10.5. The van der Waals surface area contributed by atoms with Gasteiger partial charge in [-0.2, -0.15) is 5.10 Å². The first-order valence-electron chi connectivity index (χ1n) is 5.77. The second-order valence-corrected chi connectivity index (χ2v) is 4.26. The van der Waals surface area contributed by atoms with E-state index in [9.17, 15) is 4.79 Å². The van der Waals surface area contributed by atoms with Gasteiger partial charge in [-0.15, -0.1) is 0 Å². The molecule has 0 aliphatic heterocycles. The monoisotopic (exact) mass is 289 g/mol. The Labute approximate surface area is 121 Å². The number of carbonyl (C=O) groups is 1. The van der Waals surface area contributed by atoms with E-state index in [1.807, 2.05) is 0 Å². The lowest BCUT2D eigenvalue weighted by Gasteiger charge is -2.07. The van der Waals surface area contributed by atoms with Crippen LogP contribution in [-0.4, -0.2) is 24.2 Å². The van der Waals surface area contributed by atoms with Crippen LogP contribution in [0.25, 0.3) is 0 Å². The number of amides is 1. The second kappa shape index (κ2) is 6.68. The molecule has 2 aromatic rings. The van der Waals surface area contributed by atoms with Gasteiger partial charge in [0, 0.05) is 17.4 Å². The van der Waals surface area contributed by atoms with Crippen LogP contribution in [0.5, 0.6) is 5.75 Å². The summed E-state index contributed by atoms with van der Waals surface area (Å²) in [7, 11) is 1.49. The van der Waals surface area contributed by atoms with Crippen molar-refractivity contribution in [3.05, 3.63) is 58.9 Å². The van der Waals surface area contributed by atoms with E-state index < -0.39 is 5.91 Å². The van der Waals surface area contributed by atoms with Gasteiger partial charge >= 0.3 is 0 Å². The second-order valence-electron chi connectivity index (χ2n) is 3.82. The van der Waals surface area contributed by atoms with E-state index >= 15 is 0 Å². The Hall–Kier alpha value is -2.40. The third-order valence-electron chi connectivity index (χ3n) is 2.49. The number of rotatable bonds is 4. The molecule has 0 spiro atoms. The van der Waals surface area contributed by atoms with E-state index in [2.05, 4.69) is 15.5 Å². The average molecular weight is 290 g/mol. The summed E-state index contributed by atoms with van der Waals surface area (Å²) in [5.41, 5.74) is 3.58. The molecule has 0 aliphatic carbocycles. The fourth-order valence-electron chi connectivity index (χ4n) is 1.53. The largest absolute Gasteiger partial charge is 0.496 e. The molecule has 0 fully saturated rings. The molecule has 1 aromatic heterocycles. The lowest BCUT2D eigenvalue weighted by molar-refractivity contribution is 0.0952. The number of benzene rings is 1. The Morgan fingerprint density at radius 1 is 1.35 bits per heavy atom. The van der Waals surface area contributed by atoms with Crippen molar-refractivity contribution in [3.63, 3.8) is 0 Å². The molecule has 1 N–H and O–H groups in total. The standard InChI is InChI=1S/C14H12ClN3O2/c1-20-13-3-2-11(15)8-12(13)14(19)18-17-9-10-4-6-16-7-5-10/h2-9H,1H3,(H,18,19).